The lowest BCUT2D eigenvalue weighted by Crippen LogP contribution is -2.24. The van der Waals surface area contributed by atoms with Crippen molar-refractivity contribution in [3.05, 3.63) is 56.6 Å². The Morgan fingerprint density at radius 1 is 1.18 bits per heavy atom. The van der Waals surface area contributed by atoms with E-state index in [1.807, 2.05) is 0 Å². The second-order valence-corrected chi connectivity index (χ2v) is 7.94. The van der Waals surface area contributed by atoms with Gasteiger partial charge < -0.3 is 10.4 Å². The van der Waals surface area contributed by atoms with Gasteiger partial charge in [0.2, 0.25) is 0 Å². The Morgan fingerprint density at radius 2 is 1.86 bits per heavy atom. The number of carbonyl (C=O) groups excluding carboxylic acids is 2. The standard InChI is InChI=1S/C19H16ClN3O3S2/c1-3-22-23(19(26)15-9-8-14(28-15)18(25)21-2)13-10-27-17(16(13)24)11-4-6-12(20)7-5-11/h3-10,24H,1-2H3,(H,21,25). The summed E-state index contributed by atoms with van der Waals surface area (Å²) in [6.45, 7) is 1.67. The highest BCUT2D eigenvalue weighted by molar-refractivity contribution is 7.16. The van der Waals surface area contributed by atoms with Gasteiger partial charge >= 0.3 is 0 Å². The number of aromatic hydroxyl groups is 1. The molecule has 0 aliphatic carbocycles. The molecule has 0 saturated heterocycles. The maximum Gasteiger partial charge on any atom is 0.288 e. The number of hydrazone groups is 1. The monoisotopic (exact) mass is 433 g/mol. The number of halogens is 1. The zero-order chi connectivity index (χ0) is 20.3. The minimum absolute atomic E-state index is 0.0469. The molecule has 2 aromatic heterocycles. The number of nitrogens with zero attached hydrogens (tertiary/aromatic N) is 2. The topological polar surface area (TPSA) is 82.0 Å². The van der Waals surface area contributed by atoms with Gasteiger partial charge in [-0.2, -0.15) is 10.1 Å². The van der Waals surface area contributed by atoms with E-state index >= 15 is 0 Å². The fourth-order valence-electron chi connectivity index (χ4n) is 2.44. The zero-order valence-electron chi connectivity index (χ0n) is 15.0. The van der Waals surface area contributed by atoms with Crippen LogP contribution in [0, 0.1) is 0 Å². The maximum absolute atomic E-state index is 13.0. The Bertz CT molecular complexity index is 1040. The minimum Gasteiger partial charge on any atom is -0.504 e. The average Bonchev–Trinajstić information content (AvgIpc) is 3.33. The Labute approximate surface area is 174 Å². The van der Waals surface area contributed by atoms with Crippen molar-refractivity contribution in [3.63, 3.8) is 0 Å². The van der Waals surface area contributed by atoms with Crippen LogP contribution >= 0.6 is 34.3 Å². The van der Waals surface area contributed by atoms with E-state index in [2.05, 4.69) is 10.4 Å². The van der Waals surface area contributed by atoms with Crippen molar-refractivity contribution in [1.82, 2.24) is 5.32 Å². The molecule has 0 aliphatic heterocycles. The zero-order valence-corrected chi connectivity index (χ0v) is 17.4. The summed E-state index contributed by atoms with van der Waals surface area (Å²) in [5.41, 5.74) is 1.05. The predicted molar refractivity (Wildman–Crippen MR) is 115 cm³/mol. The molecular formula is C19H16ClN3O3S2. The molecule has 0 bridgehead atoms. The van der Waals surface area contributed by atoms with Gasteiger partial charge in [0.15, 0.2) is 5.75 Å². The van der Waals surface area contributed by atoms with Crippen LogP contribution in [0.4, 0.5) is 5.69 Å². The molecule has 0 saturated carbocycles. The number of thiophene rings is 2. The highest BCUT2D eigenvalue weighted by Gasteiger charge is 2.25. The van der Waals surface area contributed by atoms with E-state index < -0.39 is 5.91 Å². The molecule has 0 atom stereocenters. The number of amides is 2. The fraction of sp³-hybridized carbons (Fsp3) is 0.105. The number of anilines is 1. The predicted octanol–water partition coefficient (Wildman–Crippen LogP) is 4.85. The third kappa shape index (κ3) is 3.94. The number of nitrogens with one attached hydrogen (secondary N) is 1. The number of carbonyl (C=O) groups is 2. The van der Waals surface area contributed by atoms with Gasteiger partial charge in [0.25, 0.3) is 11.8 Å². The van der Waals surface area contributed by atoms with Crippen LogP contribution in [0.25, 0.3) is 10.4 Å². The van der Waals surface area contributed by atoms with Gasteiger partial charge in [-0.25, -0.2) is 0 Å². The third-order valence-corrected chi connectivity index (χ3v) is 6.10. The van der Waals surface area contributed by atoms with E-state index in [1.54, 1.807) is 48.7 Å². The maximum atomic E-state index is 13.0. The Kier molecular flexibility index (Phi) is 6.13. The molecule has 0 spiro atoms. The summed E-state index contributed by atoms with van der Waals surface area (Å²) in [4.78, 5) is 26.1. The van der Waals surface area contributed by atoms with Crippen LogP contribution in [-0.4, -0.2) is 30.2 Å². The van der Waals surface area contributed by atoms with Crippen molar-refractivity contribution in [2.45, 2.75) is 6.92 Å². The van der Waals surface area contributed by atoms with Crippen LogP contribution in [-0.2, 0) is 0 Å². The minimum atomic E-state index is -0.436. The largest absolute Gasteiger partial charge is 0.504 e. The van der Waals surface area contributed by atoms with Crippen molar-refractivity contribution < 1.29 is 14.7 Å². The molecule has 0 aliphatic rings. The first-order valence-electron chi connectivity index (χ1n) is 8.17. The molecular weight excluding hydrogens is 418 g/mol. The summed E-state index contributed by atoms with van der Waals surface area (Å²) in [5.74, 6) is -0.749. The van der Waals surface area contributed by atoms with E-state index in [0.717, 1.165) is 21.9 Å². The first-order chi connectivity index (χ1) is 13.5. The van der Waals surface area contributed by atoms with E-state index in [4.69, 9.17) is 11.6 Å². The molecule has 9 heteroatoms. The summed E-state index contributed by atoms with van der Waals surface area (Å²) in [5, 5.41) is 20.8. The van der Waals surface area contributed by atoms with Crippen LogP contribution in [0.3, 0.4) is 0 Å². The molecule has 0 radical (unpaired) electrons. The third-order valence-electron chi connectivity index (χ3n) is 3.77. The van der Waals surface area contributed by atoms with Gasteiger partial charge in [-0.1, -0.05) is 23.7 Å². The van der Waals surface area contributed by atoms with E-state index in [1.165, 1.54) is 24.6 Å². The fourth-order valence-corrected chi connectivity index (χ4v) is 4.37. The van der Waals surface area contributed by atoms with Crippen LogP contribution in [0.2, 0.25) is 5.02 Å². The van der Waals surface area contributed by atoms with Crippen molar-refractivity contribution >= 4 is 58.0 Å². The Hall–Kier alpha value is -2.68. The lowest BCUT2D eigenvalue weighted by Gasteiger charge is -2.15. The van der Waals surface area contributed by atoms with Crippen molar-refractivity contribution in [3.8, 4) is 16.2 Å². The van der Waals surface area contributed by atoms with Gasteiger partial charge in [0.1, 0.15) is 5.69 Å². The van der Waals surface area contributed by atoms with E-state index in [0.29, 0.717) is 19.7 Å². The first-order valence-corrected chi connectivity index (χ1v) is 10.2. The second-order valence-electron chi connectivity index (χ2n) is 5.54. The normalized spacial score (nSPS) is 11.0. The Morgan fingerprint density at radius 3 is 2.50 bits per heavy atom. The average molecular weight is 434 g/mol. The van der Waals surface area contributed by atoms with Gasteiger partial charge in [0.05, 0.1) is 14.6 Å². The van der Waals surface area contributed by atoms with Crippen molar-refractivity contribution in [1.29, 1.82) is 0 Å². The van der Waals surface area contributed by atoms with Crippen LogP contribution in [0.15, 0.2) is 46.9 Å². The summed E-state index contributed by atoms with van der Waals surface area (Å²) in [7, 11) is 1.53. The van der Waals surface area contributed by atoms with Crippen molar-refractivity contribution in [2.24, 2.45) is 5.10 Å². The number of hydrogen-bond donors (Lipinski definition) is 2. The van der Waals surface area contributed by atoms with E-state index in [9.17, 15) is 14.7 Å². The smallest absolute Gasteiger partial charge is 0.288 e. The highest BCUT2D eigenvalue weighted by atomic mass is 35.5. The van der Waals surface area contributed by atoms with Gasteiger partial charge in [0, 0.05) is 23.7 Å². The molecule has 144 valence electrons. The molecule has 1 aromatic carbocycles. The molecule has 2 N–H and O–H groups in total. The molecule has 2 amide bonds. The van der Waals surface area contributed by atoms with E-state index in [-0.39, 0.29) is 17.3 Å². The quantitative estimate of drug-likeness (QED) is 0.445. The second kappa shape index (κ2) is 8.55. The molecule has 2 heterocycles. The summed E-state index contributed by atoms with van der Waals surface area (Å²) < 4.78 is 0. The van der Waals surface area contributed by atoms with Gasteiger partial charge in [-0.15, -0.1) is 22.7 Å². The Balaban J connectivity index is 1.96. The summed E-state index contributed by atoms with van der Waals surface area (Å²) >= 11 is 8.28. The highest BCUT2D eigenvalue weighted by Crippen LogP contribution is 2.44. The molecule has 6 nitrogen and oxygen atoms in total. The molecule has 0 unspecified atom stereocenters. The SMILES string of the molecule is CC=NN(C(=O)c1ccc(C(=O)NC)s1)c1csc(-c2ccc(Cl)cc2)c1O. The number of benzene rings is 1. The lowest BCUT2D eigenvalue weighted by molar-refractivity contribution is 0.0965. The van der Waals surface area contributed by atoms with Crippen LogP contribution in [0.5, 0.6) is 5.75 Å². The number of hydrogen-bond acceptors (Lipinski definition) is 6. The summed E-state index contributed by atoms with van der Waals surface area (Å²) in [6.07, 6.45) is 1.46. The molecule has 3 rings (SSSR count). The molecule has 3 aromatic rings. The lowest BCUT2D eigenvalue weighted by atomic mass is 10.2. The first kappa shape index (κ1) is 20.1. The molecule has 28 heavy (non-hydrogen) atoms. The summed E-state index contributed by atoms with van der Waals surface area (Å²) in [6, 6.07) is 10.2. The van der Waals surface area contributed by atoms with Crippen LogP contribution in [0.1, 0.15) is 26.3 Å². The van der Waals surface area contributed by atoms with Gasteiger partial charge in [-0.3, -0.25) is 9.59 Å². The number of rotatable bonds is 5. The van der Waals surface area contributed by atoms with Gasteiger partial charge in [-0.05, 0) is 36.8 Å². The molecule has 0 fully saturated rings. The van der Waals surface area contributed by atoms with Crippen LogP contribution < -0.4 is 10.3 Å². The van der Waals surface area contributed by atoms with Crippen molar-refractivity contribution in [2.75, 3.05) is 12.1 Å².